The number of aromatic nitrogens is 4. The zero-order valence-electron chi connectivity index (χ0n) is 17.8. The van der Waals surface area contributed by atoms with Gasteiger partial charge in [-0.2, -0.15) is 9.97 Å². The van der Waals surface area contributed by atoms with Crippen molar-refractivity contribution in [3.63, 3.8) is 0 Å². The smallest absolute Gasteiger partial charge is 0.247 e. The summed E-state index contributed by atoms with van der Waals surface area (Å²) in [6.07, 6.45) is 6.08. The highest BCUT2D eigenvalue weighted by Crippen LogP contribution is 2.50. The SMILES string of the molecule is CCCCOC[C@@H]1[C@@H]([Si])C[C@H](n2cnc3c(OCCCC)nc(N)nc32)[C@]1(O)CO. The van der Waals surface area contributed by atoms with Crippen LogP contribution in [0.3, 0.4) is 0 Å². The maximum absolute atomic E-state index is 11.5. The average Bonchev–Trinajstić information content (AvgIpc) is 3.24. The predicted molar refractivity (Wildman–Crippen MR) is 115 cm³/mol. The first-order valence-corrected chi connectivity index (χ1v) is 11.3. The van der Waals surface area contributed by atoms with Crippen LogP contribution in [0, 0.1) is 5.92 Å². The van der Waals surface area contributed by atoms with Gasteiger partial charge in [0, 0.05) is 22.8 Å². The number of aliphatic hydroxyl groups excluding tert-OH is 1. The summed E-state index contributed by atoms with van der Waals surface area (Å²) in [5.74, 6) is 0.137. The van der Waals surface area contributed by atoms with Gasteiger partial charge >= 0.3 is 0 Å². The van der Waals surface area contributed by atoms with Gasteiger partial charge in [-0.15, -0.1) is 0 Å². The van der Waals surface area contributed by atoms with Gasteiger partial charge in [-0.3, -0.25) is 0 Å². The first-order chi connectivity index (χ1) is 14.5. The van der Waals surface area contributed by atoms with Crippen LogP contribution in [-0.2, 0) is 4.74 Å². The lowest BCUT2D eigenvalue weighted by Gasteiger charge is -2.34. The van der Waals surface area contributed by atoms with Crippen LogP contribution in [0.15, 0.2) is 6.33 Å². The summed E-state index contributed by atoms with van der Waals surface area (Å²) in [6.45, 7) is 5.28. The number of unbranched alkanes of at least 4 members (excludes halogenated alkanes) is 2. The van der Waals surface area contributed by atoms with E-state index in [9.17, 15) is 10.2 Å². The van der Waals surface area contributed by atoms with Gasteiger partial charge in [0.15, 0.2) is 11.2 Å². The second-order valence-electron chi connectivity index (χ2n) is 7.96. The molecule has 9 nitrogen and oxygen atoms in total. The van der Waals surface area contributed by atoms with E-state index in [0.29, 0.717) is 43.3 Å². The van der Waals surface area contributed by atoms with Crippen molar-refractivity contribution in [2.75, 3.05) is 32.2 Å². The molecule has 3 rings (SSSR count). The Morgan fingerprint density at radius 2 is 2.00 bits per heavy atom. The van der Waals surface area contributed by atoms with Crippen molar-refractivity contribution < 1.29 is 19.7 Å². The molecule has 1 saturated carbocycles. The largest absolute Gasteiger partial charge is 0.476 e. The third-order valence-corrected chi connectivity index (χ3v) is 6.49. The molecular weight excluding hydrogens is 402 g/mol. The van der Waals surface area contributed by atoms with E-state index >= 15 is 0 Å². The van der Waals surface area contributed by atoms with Crippen molar-refractivity contribution in [2.24, 2.45) is 5.92 Å². The van der Waals surface area contributed by atoms with Gasteiger partial charge in [0.25, 0.3) is 0 Å². The molecule has 0 bridgehead atoms. The lowest BCUT2D eigenvalue weighted by atomic mass is 9.89. The van der Waals surface area contributed by atoms with Gasteiger partial charge in [0.05, 0.1) is 32.2 Å². The van der Waals surface area contributed by atoms with Crippen molar-refractivity contribution in [1.29, 1.82) is 0 Å². The summed E-state index contributed by atoms with van der Waals surface area (Å²) in [5.41, 5.74) is 5.47. The Balaban J connectivity index is 1.90. The number of hydrogen-bond donors (Lipinski definition) is 3. The number of hydrogen-bond acceptors (Lipinski definition) is 8. The van der Waals surface area contributed by atoms with Gasteiger partial charge < -0.3 is 30.0 Å². The van der Waals surface area contributed by atoms with E-state index in [4.69, 9.17) is 15.2 Å². The van der Waals surface area contributed by atoms with Crippen LogP contribution in [0.5, 0.6) is 5.88 Å². The fraction of sp³-hybridized carbons (Fsp3) is 0.750. The number of imidazole rings is 1. The lowest BCUT2D eigenvalue weighted by Crippen LogP contribution is -2.46. The van der Waals surface area contributed by atoms with Crippen LogP contribution in [-0.4, -0.2) is 72.0 Å². The lowest BCUT2D eigenvalue weighted by molar-refractivity contribution is -0.0916. The monoisotopic (exact) mass is 434 g/mol. The Hall–Kier alpha value is -1.75. The summed E-state index contributed by atoms with van der Waals surface area (Å²) in [7, 11) is 3.74. The fourth-order valence-electron chi connectivity index (χ4n) is 4.05. The summed E-state index contributed by atoms with van der Waals surface area (Å²) < 4.78 is 13.3. The Labute approximate surface area is 180 Å². The molecule has 10 heteroatoms. The van der Waals surface area contributed by atoms with Crippen LogP contribution < -0.4 is 10.5 Å². The quantitative estimate of drug-likeness (QED) is 0.360. The highest BCUT2D eigenvalue weighted by molar-refractivity contribution is 6.12. The minimum Gasteiger partial charge on any atom is -0.476 e. The van der Waals surface area contributed by atoms with Gasteiger partial charge in [-0.25, -0.2) is 4.98 Å². The van der Waals surface area contributed by atoms with Crippen molar-refractivity contribution in [3.05, 3.63) is 6.33 Å². The highest BCUT2D eigenvalue weighted by Gasteiger charge is 2.53. The number of anilines is 1. The predicted octanol–water partition coefficient (Wildman–Crippen LogP) is 1.65. The number of nitrogens with zero attached hydrogens (tertiary/aromatic N) is 4. The highest BCUT2D eigenvalue weighted by atomic mass is 28.1. The molecule has 2 aromatic rings. The average molecular weight is 435 g/mol. The van der Waals surface area contributed by atoms with E-state index < -0.39 is 18.2 Å². The summed E-state index contributed by atoms with van der Waals surface area (Å²) in [4.78, 5) is 13.0. The third-order valence-electron chi connectivity index (χ3n) is 5.85. The number of aliphatic hydroxyl groups is 2. The Bertz CT molecular complexity index is 835. The molecule has 1 fully saturated rings. The molecule has 4 N–H and O–H groups in total. The number of rotatable bonds is 11. The zero-order valence-corrected chi connectivity index (χ0v) is 18.8. The maximum atomic E-state index is 11.5. The Morgan fingerprint density at radius 1 is 1.27 bits per heavy atom. The summed E-state index contributed by atoms with van der Waals surface area (Å²) in [5, 5.41) is 21.6. The summed E-state index contributed by atoms with van der Waals surface area (Å²) in [6, 6.07) is -0.451. The topological polar surface area (TPSA) is 129 Å². The van der Waals surface area contributed by atoms with Gasteiger partial charge in [0.1, 0.15) is 5.60 Å². The maximum Gasteiger partial charge on any atom is 0.247 e. The van der Waals surface area contributed by atoms with E-state index in [1.807, 2.05) is 0 Å². The van der Waals surface area contributed by atoms with E-state index in [1.54, 1.807) is 10.9 Å². The van der Waals surface area contributed by atoms with Crippen LogP contribution in [0.4, 0.5) is 5.95 Å². The minimum absolute atomic E-state index is 0.0364. The standard InChI is InChI=1S/C20H32N5O4Si/c1-3-5-7-28-10-13-14(30)9-15(20(13,27)11-26)25-12-22-16-17(25)23-19(21)24-18(16)29-8-6-4-2/h12-15,26-27H,3-11H2,1-2H3,(H2,21,23,24)/t13-,14+,15+,20+/m1/s1. The van der Waals surface area contributed by atoms with Gasteiger partial charge in [0.2, 0.25) is 11.8 Å². The summed E-state index contributed by atoms with van der Waals surface area (Å²) >= 11 is 0. The number of nitrogens with two attached hydrogens (primary N) is 1. The molecule has 3 radical (unpaired) electrons. The molecule has 4 atom stereocenters. The van der Waals surface area contributed by atoms with Gasteiger partial charge in [-0.05, 0) is 24.8 Å². The van der Waals surface area contributed by atoms with E-state index in [-0.39, 0.29) is 17.4 Å². The number of nitrogen functional groups attached to an aromatic ring is 1. The van der Waals surface area contributed by atoms with E-state index in [2.05, 4.69) is 39.0 Å². The normalized spacial score (nSPS) is 26.5. The molecule has 0 unspecified atom stereocenters. The van der Waals surface area contributed by atoms with E-state index in [0.717, 1.165) is 25.7 Å². The molecule has 30 heavy (non-hydrogen) atoms. The molecule has 2 aromatic heterocycles. The van der Waals surface area contributed by atoms with Crippen molar-refractivity contribution in [1.82, 2.24) is 19.5 Å². The molecular formula is C20H32N5O4Si. The Kier molecular flexibility index (Phi) is 7.67. The molecule has 0 spiro atoms. The van der Waals surface area contributed by atoms with Crippen molar-refractivity contribution >= 4 is 27.4 Å². The molecule has 0 saturated heterocycles. The molecule has 165 valence electrons. The first kappa shape index (κ1) is 22.9. The van der Waals surface area contributed by atoms with Crippen LogP contribution in [0.1, 0.15) is 52.0 Å². The molecule has 0 aromatic carbocycles. The van der Waals surface area contributed by atoms with Crippen molar-refractivity contribution in [3.8, 4) is 5.88 Å². The van der Waals surface area contributed by atoms with Gasteiger partial charge in [-0.1, -0.05) is 26.7 Å². The molecule has 1 aliphatic carbocycles. The van der Waals surface area contributed by atoms with Crippen LogP contribution in [0.2, 0.25) is 5.54 Å². The van der Waals surface area contributed by atoms with Crippen molar-refractivity contribution in [2.45, 2.75) is 63.1 Å². The molecule has 1 aliphatic rings. The Morgan fingerprint density at radius 3 is 2.70 bits per heavy atom. The minimum atomic E-state index is -1.39. The molecule has 2 heterocycles. The zero-order chi connectivity index (χ0) is 21.7. The van der Waals surface area contributed by atoms with E-state index in [1.165, 1.54) is 0 Å². The molecule has 0 aliphatic heterocycles. The number of fused-ring (bicyclic) bond motifs is 1. The molecule has 0 amide bonds. The number of ether oxygens (including phenoxy) is 2. The second kappa shape index (κ2) is 10.0. The second-order valence-corrected chi connectivity index (χ2v) is 8.70. The fourth-order valence-corrected chi connectivity index (χ4v) is 4.66. The third kappa shape index (κ3) is 4.46. The van der Waals surface area contributed by atoms with Crippen LogP contribution >= 0.6 is 0 Å². The van der Waals surface area contributed by atoms with Crippen LogP contribution in [0.25, 0.3) is 11.2 Å². The first-order valence-electron chi connectivity index (χ1n) is 10.7.